The Balaban J connectivity index is 1.64. The van der Waals surface area contributed by atoms with Gasteiger partial charge in [-0.1, -0.05) is 53.1 Å². The Morgan fingerprint density at radius 2 is 0.967 bits per heavy atom. The number of hydrogen-bond acceptors (Lipinski definition) is 5. The molecule has 4 rings (SSSR count). The highest BCUT2D eigenvalue weighted by atomic mass is 16.5. The van der Waals surface area contributed by atoms with Crippen LogP contribution < -0.4 is 14.8 Å². The number of nitrogens with zero attached hydrogens (tertiary/aromatic N) is 2. The number of hydrogen-bond donors (Lipinski definition) is 1. The third-order valence-corrected chi connectivity index (χ3v) is 4.47. The maximum absolute atomic E-state index is 5.96. The molecule has 0 unspecified atom stereocenters. The van der Waals surface area contributed by atoms with Crippen LogP contribution in [0.2, 0.25) is 0 Å². The van der Waals surface area contributed by atoms with Gasteiger partial charge in [-0.05, 0) is 57.2 Å². The topological polar surface area (TPSA) is 56.3 Å². The summed E-state index contributed by atoms with van der Waals surface area (Å²) in [4.78, 5) is 9.00. The van der Waals surface area contributed by atoms with Crippen LogP contribution in [-0.2, 0) is 0 Å². The normalized spacial score (nSPS) is 10.5. The Labute approximate surface area is 176 Å². The van der Waals surface area contributed by atoms with Crippen molar-refractivity contribution < 1.29 is 9.47 Å². The third kappa shape index (κ3) is 5.14. The minimum Gasteiger partial charge on any atom is -0.439 e. The fourth-order valence-electron chi connectivity index (χ4n) is 2.78. The zero-order valence-corrected chi connectivity index (χ0v) is 17.2. The van der Waals surface area contributed by atoms with Crippen LogP contribution in [0.5, 0.6) is 23.3 Å². The summed E-state index contributed by atoms with van der Waals surface area (Å²) in [6.45, 7) is 6.11. The lowest BCUT2D eigenvalue weighted by Crippen LogP contribution is -2.01. The molecule has 0 radical (unpaired) electrons. The van der Waals surface area contributed by atoms with E-state index in [-0.39, 0.29) is 0 Å². The Morgan fingerprint density at radius 1 is 0.567 bits per heavy atom. The van der Waals surface area contributed by atoms with Gasteiger partial charge < -0.3 is 14.8 Å². The van der Waals surface area contributed by atoms with Gasteiger partial charge in [0.15, 0.2) is 0 Å². The van der Waals surface area contributed by atoms with Crippen LogP contribution in [-0.4, -0.2) is 9.97 Å². The van der Waals surface area contributed by atoms with Crippen LogP contribution in [0, 0.1) is 20.8 Å². The van der Waals surface area contributed by atoms with E-state index in [4.69, 9.17) is 9.47 Å². The lowest BCUT2D eigenvalue weighted by molar-refractivity contribution is 0.435. The highest BCUT2D eigenvalue weighted by Crippen LogP contribution is 2.28. The van der Waals surface area contributed by atoms with Crippen LogP contribution in [0.1, 0.15) is 16.7 Å². The lowest BCUT2D eigenvalue weighted by atomic mass is 10.2. The number of aromatic nitrogens is 2. The SMILES string of the molecule is Cc1ccc(Nc2nc(Oc3ccc(C)cc3)cc(Oc3ccc(C)cc3)n2)cc1. The molecule has 0 aliphatic carbocycles. The summed E-state index contributed by atoms with van der Waals surface area (Å²) in [5.74, 6) is 2.57. The van der Waals surface area contributed by atoms with E-state index in [2.05, 4.69) is 15.3 Å². The van der Waals surface area contributed by atoms with Crippen molar-refractivity contribution in [1.82, 2.24) is 9.97 Å². The predicted molar refractivity (Wildman–Crippen MR) is 119 cm³/mol. The molecule has 5 heteroatoms. The molecule has 0 amide bonds. The van der Waals surface area contributed by atoms with Gasteiger partial charge >= 0.3 is 0 Å². The molecule has 1 aromatic heterocycles. The first-order valence-corrected chi connectivity index (χ1v) is 9.75. The van der Waals surface area contributed by atoms with E-state index >= 15 is 0 Å². The fraction of sp³-hybridized carbons (Fsp3) is 0.120. The van der Waals surface area contributed by atoms with Gasteiger partial charge in [-0.15, -0.1) is 0 Å². The van der Waals surface area contributed by atoms with Gasteiger partial charge in [-0.3, -0.25) is 0 Å². The third-order valence-electron chi connectivity index (χ3n) is 4.47. The van der Waals surface area contributed by atoms with Crippen LogP contribution in [0.4, 0.5) is 11.6 Å². The maximum Gasteiger partial charge on any atom is 0.233 e. The van der Waals surface area contributed by atoms with Gasteiger partial charge in [0.05, 0.1) is 6.07 Å². The summed E-state index contributed by atoms with van der Waals surface area (Å²) in [5.41, 5.74) is 4.39. The summed E-state index contributed by atoms with van der Waals surface area (Å²) in [7, 11) is 0. The largest absolute Gasteiger partial charge is 0.439 e. The number of benzene rings is 3. The molecule has 30 heavy (non-hydrogen) atoms. The Kier molecular flexibility index (Phi) is 5.61. The van der Waals surface area contributed by atoms with Crippen LogP contribution in [0.3, 0.4) is 0 Å². The first-order valence-electron chi connectivity index (χ1n) is 9.75. The van der Waals surface area contributed by atoms with Crippen LogP contribution >= 0.6 is 0 Å². The molecule has 0 aliphatic rings. The summed E-state index contributed by atoms with van der Waals surface area (Å²) >= 11 is 0. The highest BCUT2D eigenvalue weighted by Gasteiger charge is 2.10. The number of ether oxygens (including phenoxy) is 2. The summed E-state index contributed by atoms with van der Waals surface area (Å²) in [5, 5.41) is 3.22. The average molecular weight is 397 g/mol. The molecule has 5 nitrogen and oxygen atoms in total. The quantitative estimate of drug-likeness (QED) is 0.391. The smallest absolute Gasteiger partial charge is 0.233 e. The van der Waals surface area contributed by atoms with Crippen molar-refractivity contribution in [2.24, 2.45) is 0 Å². The molecule has 1 heterocycles. The Hall–Kier alpha value is -3.86. The molecule has 3 aromatic carbocycles. The van der Waals surface area contributed by atoms with Crippen molar-refractivity contribution in [3.05, 3.63) is 95.6 Å². The number of nitrogens with one attached hydrogen (secondary N) is 1. The van der Waals surface area contributed by atoms with Crippen molar-refractivity contribution in [2.45, 2.75) is 20.8 Å². The van der Waals surface area contributed by atoms with E-state index in [9.17, 15) is 0 Å². The molecule has 1 N–H and O–H groups in total. The Morgan fingerprint density at radius 3 is 1.40 bits per heavy atom. The van der Waals surface area contributed by atoms with E-state index in [1.54, 1.807) is 6.07 Å². The summed E-state index contributed by atoms with van der Waals surface area (Å²) in [6, 6.07) is 25.3. The zero-order chi connectivity index (χ0) is 20.9. The average Bonchev–Trinajstić information content (AvgIpc) is 2.73. The van der Waals surface area contributed by atoms with Gasteiger partial charge in [0, 0.05) is 5.69 Å². The summed E-state index contributed by atoms with van der Waals surface area (Å²) < 4.78 is 11.9. The zero-order valence-electron chi connectivity index (χ0n) is 17.2. The second-order valence-electron chi connectivity index (χ2n) is 7.19. The van der Waals surface area contributed by atoms with Gasteiger partial charge in [0.2, 0.25) is 17.7 Å². The highest BCUT2D eigenvalue weighted by molar-refractivity contribution is 5.54. The number of aryl methyl sites for hydroxylation is 3. The van der Waals surface area contributed by atoms with E-state index in [0.717, 1.165) is 16.8 Å². The molecule has 0 aliphatic heterocycles. The minimum atomic E-state index is 0.394. The molecule has 0 atom stereocenters. The van der Waals surface area contributed by atoms with E-state index in [1.165, 1.54) is 5.56 Å². The predicted octanol–water partition coefficient (Wildman–Crippen LogP) is 6.73. The number of rotatable bonds is 6. The van der Waals surface area contributed by atoms with Crippen molar-refractivity contribution in [3.63, 3.8) is 0 Å². The minimum absolute atomic E-state index is 0.394. The van der Waals surface area contributed by atoms with E-state index in [1.807, 2.05) is 93.6 Å². The second-order valence-corrected chi connectivity index (χ2v) is 7.19. The lowest BCUT2D eigenvalue weighted by Gasteiger charge is -2.12. The van der Waals surface area contributed by atoms with Gasteiger partial charge in [-0.2, -0.15) is 9.97 Å². The van der Waals surface area contributed by atoms with Crippen molar-refractivity contribution in [1.29, 1.82) is 0 Å². The second kappa shape index (κ2) is 8.66. The molecule has 4 aromatic rings. The molecule has 0 spiro atoms. The molecular weight excluding hydrogens is 374 g/mol. The van der Waals surface area contributed by atoms with Gasteiger partial charge in [0.1, 0.15) is 11.5 Å². The van der Waals surface area contributed by atoms with Crippen LogP contribution in [0.15, 0.2) is 78.9 Å². The number of anilines is 2. The van der Waals surface area contributed by atoms with Gasteiger partial charge in [-0.25, -0.2) is 0 Å². The molecule has 0 bridgehead atoms. The van der Waals surface area contributed by atoms with Crippen molar-refractivity contribution >= 4 is 11.6 Å². The molecule has 0 saturated carbocycles. The standard InChI is InChI=1S/C25H23N3O2/c1-17-4-10-20(11-5-17)26-25-27-23(29-21-12-6-18(2)7-13-21)16-24(28-25)30-22-14-8-19(3)9-15-22/h4-16H,1-3H3,(H,26,27,28). The molecule has 0 fully saturated rings. The Bertz CT molecular complexity index is 964. The van der Waals surface area contributed by atoms with Gasteiger partial charge in [0.25, 0.3) is 0 Å². The first kappa shape index (κ1) is 19.5. The molecule has 150 valence electrons. The monoisotopic (exact) mass is 397 g/mol. The molecule has 0 saturated heterocycles. The first-order chi connectivity index (χ1) is 14.5. The van der Waals surface area contributed by atoms with E-state index in [0.29, 0.717) is 29.2 Å². The van der Waals surface area contributed by atoms with Crippen molar-refractivity contribution in [2.75, 3.05) is 5.32 Å². The fourth-order valence-corrected chi connectivity index (χ4v) is 2.78. The van der Waals surface area contributed by atoms with Crippen LogP contribution in [0.25, 0.3) is 0 Å². The van der Waals surface area contributed by atoms with Crippen molar-refractivity contribution in [3.8, 4) is 23.3 Å². The summed E-state index contributed by atoms with van der Waals surface area (Å²) in [6.07, 6.45) is 0. The molecular formula is C25H23N3O2. The maximum atomic E-state index is 5.96. The van der Waals surface area contributed by atoms with E-state index < -0.39 is 0 Å².